The molecule has 94 valence electrons. The zero-order valence-electron chi connectivity index (χ0n) is 10.7. The van der Waals surface area contributed by atoms with E-state index < -0.39 is 0 Å². The third kappa shape index (κ3) is 3.55. The molecule has 0 aromatic heterocycles. The summed E-state index contributed by atoms with van der Waals surface area (Å²) in [7, 11) is 2.00. The molecule has 1 aromatic rings. The first-order valence-electron chi connectivity index (χ1n) is 6.76. The summed E-state index contributed by atoms with van der Waals surface area (Å²) in [4.78, 5) is 0. The Labute approximate surface area is 104 Å². The van der Waals surface area contributed by atoms with Gasteiger partial charge in [-0.25, -0.2) is 0 Å². The van der Waals surface area contributed by atoms with Gasteiger partial charge in [0.25, 0.3) is 0 Å². The largest absolute Gasteiger partial charge is 0.374 e. The summed E-state index contributed by atoms with van der Waals surface area (Å²) >= 11 is 0. The Hall–Kier alpha value is -0.860. The Morgan fingerprint density at radius 2 is 2.18 bits per heavy atom. The van der Waals surface area contributed by atoms with Crippen molar-refractivity contribution < 1.29 is 4.74 Å². The highest BCUT2D eigenvalue weighted by Crippen LogP contribution is 2.32. The van der Waals surface area contributed by atoms with Crippen LogP contribution in [0.15, 0.2) is 24.3 Å². The lowest BCUT2D eigenvalue weighted by atomic mass is 9.89. The summed E-state index contributed by atoms with van der Waals surface area (Å²) in [5.74, 6) is 0. The van der Waals surface area contributed by atoms with Gasteiger partial charge in [0, 0.05) is 6.61 Å². The molecule has 0 saturated carbocycles. The molecule has 1 aliphatic rings. The van der Waals surface area contributed by atoms with Crippen LogP contribution in [0.4, 0.5) is 0 Å². The molecule has 1 aliphatic carbocycles. The van der Waals surface area contributed by atoms with Gasteiger partial charge in [-0.05, 0) is 56.8 Å². The molecule has 0 fully saturated rings. The number of benzene rings is 1. The monoisotopic (exact) mass is 233 g/mol. The normalized spacial score (nSPS) is 19.0. The zero-order valence-corrected chi connectivity index (χ0v) is 10.7. The standard InChI is InChI=1S/C15H23NO/c1-16-11-4-5-12-17-15-10-6-8-13-7-2-3-9-14(13)15/h2-3,7,9,15-16H,4-6,8,10-12H2,1H3. The summed E-state index contributed by atoms with van der Waals surface area (Å²) < 4.78 is 6.03. The molecule has 0 spiro atoms. The fourth-order valence-corrected chi connectivity index (χ4v) is 2.51. The van der Waals surface area contributed by atoms with Crippen LogP contribution in [0.2, 0.25) is 0 Å². The van der Waals surface area contributed by atoms with Crippen molar-refractivity contribution in [1.82, 2.24) is 5.32 Å². The van der Waals surface area contributed by atoms with Gasteiger partial charge in [0.1, 0.15) is 0 Å². The van der Waals surface area contributed by atoms with Gasteiger partial charge in [-0.1, -0.05) is 24.3 Å². The van der Waals surface area contributed by atoms with Crippen LogP contribution in [-0.4, -0.2) is 20.2 Å². The van der Waals surface area contributed by atoms with Crippen molar-refractivity contribution in [2.24, 2.45) is 0 Å². The highest BCUT2D eigenvalue weighted by molar-refractivity contribution is 5.31. The number of hydrogen-bond acceptors (Lipinski definition) is 2. The highest BCUT2D eigenvalue weighted by atomic mass is 16.5. The average Bonchev–Trinajstić information content (AvgIpc) is 2.39. The van der Waals surface area contributed by atoms with Gasteiger partial charge in [0.2, 0.25) is 0 Å². The maximum atomic E-state index is 6.03. The molecule has 0 aliphatic heterocycles. The van der Waals surface area contributed by atoms with E-state index in [9.17, 15) is 0 Å². The molecule has 0 saturated heterocycles. The first kappa shape index (κ1) is 12.6. The molecule has 2 heteroatoms. The predicted molar refractivity (Wildman–Crippen MR) is 71.2 cm³/mol. The van der Waals surface area contributed by atoms with Crippen LogP contribution in [0.25, 0.3) is 0 Å². The third-order valence-corrected chi connectivity index (χ3v) is 3.45. The molecule has 17 heavy (non-hydrogen) atoms. The average molecular weight is 233 g/mol. The lowest BCUT2D eigenvalue weighted by molar-refractivity contribution is 0.0385. The van der Waals surface area contributed by atoms with Crippen molar-refractivity contribution >= 4 is 0 Å². The summed E-state index contributed by atoms with van der Waals surface area (Å²) in [6.45, 7) is 1.98. The van der Waals surface area contributed by atoms with Crippen molar-refractivity contribution in [2.45, 2.75) is 38.2 Å². The van der Waals surface area contributed by atoms with Gasteiger partial charge in [-0.3, -0.25) is 0 Å². The molecule has 2 rings (SSSR count). The van der Waals surface area contributed by atoms with Crippen molar-refractivity contribution in [3.63, 3.8) is 0 Å². The second kappa shape index (κ2) is 6.77. The molecule has 1 atom stereocenters. The van der Waals surface area contributed by atoms with Crippen molar-refractivity contribution in [2.75, 3.05) is 20.2 Å². The molecular weight excluding hydrogens is 210 g/mol. The van der Waals surface area contributed by atoms with E-state index in [2.05, 4.69) is 29.6 Å². The Kier molecular flexibility index (Phi) is 5.02. The van der Waals surface area contributed by atoms with Gasteiger partial charge >= 0.3 is 0 Å². The van der Waals surface area contributed by atoms with E-state index in [1.165, 1.54) is 36.8 Å². The Morgan fingerprint density at radius 3 is 3.06 bits per heavy atom. The summed E-state index contributed by atoms with van der Waals surface area (Å²) in [6.07, 6.45) is 6.36. The van der Waals surface area contributed by atoms with Crippen LogP contribution in [0.3, 0.4) is 0 Å². The minimum atomic E-state index is 0.342. The quantitative estimate of drug-likeness (QED) is 0.762. The lowest BCUT2D eigenvalue weighted by Crippen LogP contribution is -2.14. The number of ether oxygens (including phenoxy) is 1. The van der Waals surface area contributed by atoms with Crippen LogP contribution in [0.1, 0.15) is 42.9 Å². The van der Waals surface area contributed by atoms with E-state index in [0.717, 1.165) is 19.6 Å². The van der Waals surface area contributed by atoms with Crippen LogP contribution >= 0.6 is 0 Å². The fraction of sp³-hybridized carbons (Fsp3) is 0.600. The second-order valence-electron chi connectivity index (χ2n) is 4.76. The number of unbranched alkanes of at least 4 members (excludes halogenated alkanes) is 1. The first-order valence-corrected chi connectivity index (χ1v) is 6.76. The van der Waals surface area contributed by atoms with Crippen molar-refractivity contribution in [3.05, 3.63) is 35.4 Å². The van der Waals surface area contributed by atoms with Gasteiger partial charge in [0.15, 0.2) is 0 Å². The fourth-order valence-electron chi connectivity index (χ4n) is 2.51. The maximum absolute atomic E-state index is 6.03. The van der Waals surface area contributed by atoms with E-state index in [4.69, 9.17) is 4.74 Å². The van der Waals surface area contributed by atoms with Crippen LogP contribution in [0.5, 0.6) is 0 Å². The topological polar surface area (TPSA) is 21.3 Å². The number of aryl methyl sites for hydroxylation is 1. The molecule has 2 nitrogen and oxygen atoms in total. The third-order valence-electron chi connectivity index (χ3n) is 3.45. The Bertz CT molecular complexity index is 337. The first-order chi connectivity index (χ1) is 8.42. The maximum Gasteiger partial charge on any atom is 0.0827 e. The minimum absolute atomic E-state index is 0.342. The SMILES string of the molecule is CNCCCCOC1CCCc2ccccc21. The molecule has 1 N–H and O–H groups in total. The zero-order chi connectivity index (χ0) is 11.9. The van der Waals surface area contributed by atoms with E-state index in [1.807, 2.05) is 7.05 Å². The van der Waals surface area contributed by atoms with Crippen LogP contribution in [-0.2, 0) is 11.2 Å². The summed E-state index contributed by atoms with van der Waals surface area (Å²) in [6, 6.07) is 8.73. The van der Waals surface area contributed by atoms with Crippen LogP contribution in [0, 0.1) is 0 Å². The molecule has 1 unspecified atom stereocenters. The van der Waals surface area contributed by atoms with Crippen molar-refractivity contribution in [3.8, 4) is 0 Å². The molecule has 1 aromatic carbocycles. The van der Waals surface area contributed by atoms with E-state index in [1.54, 1.807) is 0 Å². The molecule has 0 bridgehead atoms. The predicted octanol–water partition coefficient (Wildman–Crippen LogP) is 3.08. The summed E-state index contributed by atoms with van der Waals surface area (Å²) in [5.41, 5.74) is 2.91. The van der Waals surface area contributed by atoms with Gasteiger partial charge < -0.3 is 10.1 Å². The molecular formula is C15H23NO. The minimum Gasteiger partial charge on any atom is -0.374 e. The van der Waals surface area contributed by atoms with Gasteiger partial charge in [-0.2, -0.15) is 0 Å². The number of nitrogens with one attached hydrogen (secondary N) is 1. The van der Waals surface area contributed by atoms with Gasteiger partial charge in [0.05, 0.1) is 6.10 Å². The molecule has 0 amide bonds. The van der Waals surface area contributed by atoms with E-state index >= 15 is 0 Å². The van der Waals surface area contributed by atoms with Gasteiger partial charge in [-0.15, -0.1) is 0 Å². The lowest BCUT2D eigenvalue weighted by Gasteiger charge is -2.25. The number of rotatable bonds is 6. The van der Waals surface area contributed by atoms with Crippen LogP contribution < -0.4 is 5.32 Å². The smallest absolute Gasteiger partial charge is 0.0827 e. The van der Waals surface area contributed by atoms with E-state index in [0.29, 0.717) is 6.10 Å². The molecule has 0 radical (unpaired) electrons. The number of fused-ring (bicyclic) bond motifs is 1. The van der Waals surface area contributed by atoms with E-state index in [-0.39, 0.29) is 0 Å². The summed E-state index contributed by atoms with van der Waals surface area (Å²) in [5, 5.41) is 3.17. The van der Waals surface area contributed by atoms with Crippen molar-refractivity contribution in [1.29, 1.82) is 0 Å². The Morgan fingerprint density at radius 1 is 1.29 bits per heavy atom. The Balaban J connectivity index is 1.82. The second-order valence-corrected chi connectivity index (χ2v) is 4.76. The molecule has 0 heterocycles. The number of hydrogen-bond donors (Lipinski definition) is 1. The highest BCUT2D eigenvalue weighted by Gasteiger charge is 2.19.